The maximum absolute atomic E-state index is 13.9. The lowest BCUT2D eigenvalue weighted by atomic mass is 10.1. The van der Waals surface area contributed by atoms with E-state index in [-0.39, 0.29) is 24.1 Å². The van der Waals surface area contributed by atoms with Crippen LogP contribution >= 0.6 is 11.3 Å². The van der Waals surface area contributed by atoms with Gasteiger partial charge in [-0.1, -0.05) is 0 Å². The van der Waals surface area contributed by atoms with Crippen LogP contribution in [0.1, 0.15) is 23.5 Å². The summed E-state index contributed by atoms with van der Waals surface area (Å²) in [5, 5.41) is 3.17. The van der Waals surface area contributed by atoms with Crippen LogP contribution in [0.3, 0.4) is 0 Å². The molecule has 0 spiro atoms. The molecule has 1 aliphatic carbocycles. The number of aromatic nitrogens is 2. The monoisotopic (exact) mass is 349 g/mol. The Kier molecular flexibility index (Phi) is 4.47. The van der Waals surface area contributed by atoms with Crippen molar-refractivity contribution < 1.29 is 13.9 Å². The summed E-state index contributed by atoms with van der Waals surface area (Å²) < 4.78 is 25.8. The SMILES string of the molecule is Cc1csc(CN2CCO[C@H]3CC[C@H]2[C@H]3Oc2ncccc2F)n1. The molecule has 2 bridgehead atoms. The Morgan fingerprint density at radius 2 is 2.38 bits per heavy atom. The van der Waals surface area contributed by atoms with E-state index in [0.29, 0.717) is 6.61 Å². The van der Waals surface area contributed by atoms with Crippen molar-refractivity contribution in [3.05, 3.63) is 40.2 Å². The van der Waals surface area contributed by atoms with Crippen molar-refractivity contribution in [2.45, 2.75) is 44.6 Å². The van der Waals surface area contributed by atoms with Crippen molar-refractivity contribution in [1.82, 2.24) is 14.9 Å². The number of rotatable bonds is 4. The van der Waals surface area contributed by atoms with Crippen LogP contribution < -0.4 is 4.74 Å². The normalized spacial score (nSPS) is 27.2. The Morgan fingerprint density at radius 1 is 1.46 bits per heavy atom. The second-order valence-corrected chi connectivity index (χ2v) is 7.22. The lowest BCUT2D eigenvalue weighted by molar-refractivity contribution is 0.000138. The van der Waals surface area contributed by atoms with Crippen LogP contribution in [0.2, 0.25) is 0 Å². The minimum Gasteiger partial charge on any atom is -0.468 e. The minimum atomic E-state index is -0.428. The Labute approximate surface area is 144 Å². The highest BCUT2D eigenvalue weighted by Gasteiger charge is 2.44. The molecule has 2 aromatic heterocycles. The third-order valence-corrected chi connectivity index (χ3v) is 5.60. The van der Waals surface area contributed by atoms with E-state index < -0.39 is 5.82 Å². The van der Waals surface area contributed by atoms with E-state index in [2.05, 4.69) is 20.2 Å². The first-order valence-corrected chi connectivity index (χ1v) is 9.12. The van der Waals surface area contributed by atoms with Crippen molar-refractivity contribution in [2.24, 2.45) is 0 Å². The molecule has 5 nitrogen and oxygen atoms in total. The Hall–Kier alpha value is -1.57. The number of hydrogen-bond acceptors (Lipinski definition) is 6. The molecule has 1 saturated carbocycles. The van der Waals surface area contributed by atoms with E-state index >= 15 is 0 Å². The molecular formula is C17H20FN3O2S. The zero-order valence-corrected chi connectivity index (χ0v) is 14.3. The molecule has 7 heteroatoms. The minimum absolute atomic E-state index is 0.000521. The summed E-state index contributed by atoms with van der Waals surface area (Å²) in [5.41, 5.74) is 1.05. The molecule has 2 fully saturated rings. The molecule has 3 atom stereocenters. The summed E-state index contributed by atoms with van der Waals surface area (Å²) in [6.45, 7) is 4.29. The zero-order valence-electron chi connectivity index (χ0n) is 13.5. The zero-order chi connectivity index (χ0) is 16.5. The number of ether oxygens (including phenoxy) is 2. The first-order valence-electron chi connectivity index (χ1n) is 8.24. The van der Waals surface area contributed by atoms with Crippen molar-refractivity contribution in [3.8, 4) is 5.88 Å². The maximum atomic E-state index is 13.9. The summed E-state index contributed by atoms with van der Waals surface area (Å²) in [5.74, 6) is -0.363. The molecule has 2 aromatic rings. The summed E-state index contributed by atoms with van der Waals surface area (Å²) >= 11 is 1.68. The largest absolute Gasteiger partial charge is 0.468 e. The quantitative estimate of drug-likeness (QED) is 0.849. The molecule has 0 aromatic carbocycles. The number of hydrogen-bond donors (Lipinski definition) is 0. The molecule has 0 amide bonds. The van der Waals surface area contributed by atoms with E-state index in [1.54, 1.807) is 23.6 Å². The van der Waals surface area contributed by atoms with Gasteiger partial charge in [0.15, 0.2) is 5.82 Å². The highest BCUT2D eigenvalue weighted by Crippen LogP contribution is 2.34. The van der Waals surface area contributed by atoms with Gasteiger partial charge in [0, 0.05) is 29.9 Å². The second kappa shape index (κ2) is 6.74. The van der Waals surface area contributed by atoms with E-state index in [9.17, 15) is 4.39 Å². The van der Waals surface area contributed by atoms with E-state index in [4.69, 9.17) is 9.47 Å². The van der Waals surface area contributed by atoms with Gasteiger partial charge in [-0.15, -0.1) is 11.3 Å². The Bertz CT molecular complexity index is 711. The number of fused-ring (bicyclic) bond motifs is 2. The van der Waals surface area contributed by atoms with Gasteiger partial charge < -0.3 is 9.47 Å². The van der Waals surface area contributed by atoms with Crippen molar-refractivity contribution in [2.75, 3.05) is 13.2 Å². The molecule has 1 aliphatic heterocycles. The topological polar surface area (TPSA) is 47.5 Å². The van der Waals surface area contributed by atoms with Crippen LogP contribution in [0.5, 0.6) is 5.88 Å². The fourth-order valence-corrected chi connectivity index (χ4v) is 4.35. The summed E-state index contributed by atoms with van der Waals surface area (Å²) in [6, 6.07) is 3.14. The molecule has 0 unspecified atom stereocenters. The molecule has 3 heterocycles. The van der Waals surface area contributed by atoms with Gasteiger partial charge in [0.1, 0.15) is 11.1 Å². The molecule has 128 valence electrons. The van der Waals surface area contributed by atoms with Crippen LogP contribution in [-0.4, -0.2) is 46.3 Å². The fourth-order valence-electron chi connectivity index (χ4n) is 3.55. The van der Waals surface area contributed by atoms with Crippen LogP contribution in [0.25, 0.3) is 0 Å². The summed E-state index contributed by atoms with van der Waals surface area (Å²) in [6.07, 6.45) is 3.26. The van der Waals surface area contributed by atoms with Gasteiger partial charge in [0.05, 0.1) is 19.3 Å². The van der Waals surface area contributed by atoms with E-state index in [1.807, 2.05) is 6.92 Å². The van der Waals surface area contributed by atoms with E-state index in [0.717, 1.165) is 36.6 Å². The summed E-state index contributed by atoms with van der Waals surface area (Å²) in [4.78, 5) is 11.0. The molecule has 0 radical (unpaired) electrons. The van der Waals surface area contributed by atoms with Gasteiger partial charge in [-0.05, 0) is 31.9 Å². The smallest absolute Gasteiger partial charge is 0.250 e. The van der Waals surface area contributed by atoms with Crippen molar-refractivity contribution >= 4 is 11.3 Å². The van der Waals surface area contributed by atoms with Gasteiger partial charge in [-0.25, -0.2) is 14.4 Å². The number of aryl methyl sites for hydroxylation is 1. The van der Waals surface area contributed by atoms with Gasteiger partial charge in [0.25, 0.3) is 5.88 Å². The van der Waals surface area contributed by atoms with Crippen LogP contribution in [-0.2, 0) is 11.3 Å². The van der Waals surface area contributed by atoms with Crippen LogP contribution in [0, 0.1) is 12.7 Å². The van der Waals surface area contributed by atoms with Crippen molar-refractivity contribution in [1.29, 1.82) is 0 Å². The van der Waals surface area contributed by atoms with Gasteiger partial charge in [-0.3, -0.25) is 4.90 Å². The summed E-state index contributed by atoms with van der Waals surface area (Å²) in [7, 11) is 0. The number of nitrogens with zero attached hydrogens (tertiary/aromatic N) is 3. The number of halogens is 1. The Balaban J connectivity index is 1.54. The molecule has 1 saturated heterocycles. The molecule has 4 rings (SSSR count). The number of thiazole rings is 1. The lowest BCUT2D eigenvalue weighted by Gasteiger charge is -2.30. The van der Waals surface area contributed by atoms with Gasteiger partial charge in [-0.2, -0.15) is 0 Å². The lowest BCUT2D eigenvalue weighted by Crippen LogP contribution is -2.44. The predicted molar refractivity (Wildman–Crippen MR) is 88.6 cm³/mol. The van der Waals surface area contributed by atoms with Crippen LogP contribution in [0.15, 0.2) is 23.7 Å². The average molecular weight is 349 g/mol. The first kappa shape index (κ1) is 15.9. The highest BCUT2D eigenvalue weighted by atomic mass is 32.1. The predicted octanol–water partition coefficient (Wildman–Crippen LogP) is 2.80. The van der Waals surface area contributed by atoms with E-state index in [1.165, 1.54) is 6.07 Å². The van der Waals surface area contributed by atoms with Gasteiger partial charge in [0.2, 0.25) is 0 Å². The fraction of sp³-hybridized carbons (Fsp3) is 0.529. The maximum Gasteiger partial charge on any atom is 0.250 e. The second-order valence-electron chi connectivity index (χ2n) is 6.28. The standard InChI is InChI=1S/C17H20FN3O2S/c1-11-10-24-15(20-11)9-21-7-8-22-14-5-4-13(21)16(14)23-17-12(18)3-2-6-19-17/h2-3,6,10,13-14,16H,4-5,7-9H2,1H3/t13-,14-,16+/m0/s1. The molecule has 2 aliphatic rings. The Morgan fingerprint density at radius 3 is 3.17 bits per heavy atom. The first-order chi connectivity index (χ1) is 11.7. The molecule has 24 heavy (non-hydrogen) atoms. The average Bonchev–Trinajstić information content (AvgIpc) is 3.09. The third kappa shape index (κ3) is 3.16. The molecule has 0 N–H and O–H groups in total. The van der Waals surface area contributed by atoms with Crippen LogP contribution in [0.4, 0.5) is 4.39 Å². The highest BCUT2D eigenvalue weighted by molar-refractivity contribution is 7.09. The van der Waals surface area contributed by atoms with Gasteiger partial charge >= 0.3 is 0 Å². The third-order valence-electron chi connectivity index (χ3n) is 4.65. The molecular weight excluding hydrogens is 329 g/mol. The number of pyridine rings is 1. The van der Waals surface area contributed by atoms with Crippen molar-refractivity contribution in [3.63, 3.8) is 0 Å².